The van der Waals surface area contributed by atoms with Crippen molar-refractivity contribution < 1.29 is 44.8 Å². The van der Waals surface area contributed by atoms with Crippen molar-refractivity contribution in [1.29, 1.82) is 0 Å². The molecule has 0 saturated carbocycles. The molecule has 1 aromatic heterocycles. The van der Waals surface area contributed by atoms with Crippen LogP contribution in [-0.4, -0.2) is 54.1 Å². The second-order valence-electron chi connectivity index (χ2n) is 9.93. The number of rotatable bonds is 5. The minimum Gasteiger partial charge on any atom is -0.406 e. The molecule has 0 aliphatic carbocycles. The van der Waals surface area contributed by atoms with Crippen LogP contribution in [0.25, 0.3) is 11.4 Å². The van der Waals surface area contributed by atoms with E-state index in [9.17, 15) is 31.2 Å². The van der Waals surface area contributed by atoms with Crippen LogP contribution < -0.4 is 20.7 Å². The van der Waals surface area contributed by atoms with Crippen molar-refractivity contribution >= 4 is 27.3 Å². The number of sulfone groups is 1. The van der Waals surface area contributed by atoms with E-state index in [1.165, 1.54) is 12.1 Å². The number of carbonyl (C=O) groups is 2. The van der Waals surface area contributed by atoms with Crippen LogP contribution in [0.4, 0.5) is 23.2 Å². The third-order valence-corrected chi connectivity index (χ3v) is 7.30. The van der Waals surface area contributed by atoms with E-state index in [0.29, 0.717) is 6.07 Å². The summed E-state index contributed by atoms with van der Waals surface area (Å²) < 4.78 is 87.5. The molecule has 3 N–H and O–H groups in total. The van der Waals surface area contributed by atoms with Crippen LogP contribution in [-0.2, 0) is 21.2 Å². The smallest absolute Gasteiger partial charge is 0.406 e. The largest absolute Gasteiger partial charge is 0.573 e. The molecule has 1 aliphatic heterocycles. The summed E-state index contributed by atoms with van der Waals surface area (Å²) in [6.45, 7) is 4.80. The molecule has 3 aromatic rings. The number of ether oxygens (including phenoxy) is 1. The van der Waals surface area contributed by atoms with Gasteiger partial charge >= 0.3 is 18.2 Å². The van der Waals surface area contributed by atoms with Gasteiger partial charge in [0, 0.05) is 5.54 Å². The molecule has 40 heavy (non-hydrogen) atoms. The van der Waals surface area contributed by atoms with Crippen LogP contribution >= 0.6 is 0 Å². The number of aromatic nitrogens is 2. The number of nitrogens with two attached hydrogens (primary N) is 1. The quantitative estimate of drug-likeness (QED) is 0.430. The molecule has 2 aromatic carbocycles. The van der Waals surface area contributed by atoms with Crippen molar-refractivity contribution in [2.75, 3.05) is 10.7 Å². The van der Waals surface area contributed by atoms with Crippen LogP contribution in [0.15, 0.2) is 45.8 Å². The van der Waals surface area contributed by atoms with E-state index in [2.05, 4.69) is 20.2 Å². The van der Waals surface area contributed by atoms with Crippen molar-refractivity contribution in [1.82, 2.24) is 15.5 Å². The Hall–Kier alpha value is -4.05. The fraction of sp³-hybridized carbons (Fsp3) is 0.333. The van der Waals surface area contributed by atoms with E-state index >= 15 is 4.39 Å². The lowest BCUT2D eigenvalue weighted by Gasteiger charge is -2.24. The summed E-state index contributed by atoms with van der Waals surface area (Å²) in [6, 6.07) is 4.68. The summed E-state index contributed by atoms with van der Waals surface area (Å²) in [5.41, 5.74) is 4.84. The number of nitrogens with one attached hydrogen (secondary N) is 1. The minimum absolute atomic E-state index is 0.268. The highest BCUT2D eigenvalue weighted by Crippen LogP contribution is 2.36. The third kappa shape index (κ3) is 6.39. The summed E-state index contributed by atoms with van der Waals surface area (Å²) in [6.07, 6.45) is -4.91. The molecule has 2 heterocycles. The highest BCUT2D eigenvalue weighted by Gasteiger charge is 2.38. The topological polar surface area (TPSA) is 158 Å². The lowest BCUT2D eigenvalue weighted by molar-refractivity contribution is -0.274. The second kappa shape index (κ2) is 10.2. The van der Waals surface area contributed by atoms with E-state index in [1.807, 2.05) is 0 Å². The summed E-state index contributed by atoms with van der Waals surface area (Å²) in [4.78, 5) is 29.9. The number of fused-ring (bicyclic) bond motifs is 1. The average molecular weight is 586 g/mol. The van der Waals surface area contributed by atoms with Crippen LogP contribution in [0.2, 0.25) is 0 Å². The molecule has 0 radical (unpaired) electrons. The Morgan fingerprint density at radius 3 is 2.45 bits per heavy atom. The van der Waals surface area contributed by atoms with Crippen molar-refractivity contribution in [3.05, 3.63) is 53.7 Å². The van der Waals surface area contributed by atoms with Gasteiger partial charge in [-0.25, -0.2) is 12.8 Å². The lowest BCUT2D eigenvalue weighted by atomic mass is 10.1. The molecule has 0 unspecified atom stereocenters. The standard InChI is InChI=1S/C24H23F4N5O6S/c1-23(2,3)31-20(34)21-30-19(32-39-21)14-8-17-18(9-15(14)25)40(36,37)11-16(29)22(35)33(17)10-12-4-6-13(7-5-12)38-24(26,27)28/h4-9,16H,10-11,29H2,1-3H3,(H,31,34)/t16-/m0/s1. The van der Waals surface area contributed by atoms with E-state index in [4.69, 9.17) is 10.3 Å². The molecule has 0 saturated heterocycles. The number of nitrogens with zero attached hydrogens (tertiary/aromatic N) is 3. The van der Waals surface area contributed by atoms with E-state index in [1.54, 1.807) is 20.8 Å². The van der Waals surface area contributed by atoms with Gasteiger partial charge in [-0.3, -0.25) is 9.59 Å². The van der Waals surface area contributed by atoms with Gasteiger partial charge in [0.15, 0.2) is 9.84 Å². The first-order chi connectivity index (χ1) is 18.4. The van der Waals surface area contributed by atoms with Gasteiger partial charge in [0.2, 0.25) is 11.7 Å². The molecule has 2 amide bonds. The van der Waals surface area contributed by atoms with Crippen LogP contribution in [0.3, 0.4) is 0 Å². The lowest BCUT2D eigenvalue weighted by Crippen LogP contribution is -2.45. The summed E-state index contributed by atoms with van der Waals surface area (Å²) in [5, 5.41) is 6.22. The second-order valence-corrected chi connectivity index (χ2v) is 11.9. The fourth-order valence-corrected chi connectivity index (χ4v) is 5.42. The minimum atomic E-state index is -4.91. The average Bonchev–Trinajstić information content (AvgIpc) is 3.29. The van der Waals surface area contributed by atoms with Gasteiger partial charge in [-0.2, -0.15) is 4.98 Å². The molecule has 0 bridgehead atoms. The molecular formula is C24H23F4N5O6S. The van der Waals surface area contributed by atoms with Crippen molar-refractivity contribution in [2.24, 2.45) is 5.73 Å². The normalized spacial score (nSPS) is 17.2. The van der Waals surface area contributed by atoms with Gasteiger partial charge in [-0.15, -0.1) is 13.2 Å². The molecule has 0 spiro atoms. The van der Waals surface area contributed by atoms with Gasteiger partial charge < -0.3 is 25.2 Å². The third-order valence-electron chi connectivity index (χ3n) is 5.50. The van der Waals surface area contributed by atoms with Crippen LogP contribution in [0, 0.1) is 5.82 Å². The first-order valence-electron chi connectivity index (χ1n) is 11.6. The Labute approximate surface area is 225 Å². The molecule has 1 aliphatic rings. The maximum absolute atomic E-state index is 15.2. The highest BCUT2D eigenvalue weighted by molar-refractivity contribution is 7.91. The SMILES string of the molecule is CC(C)(C)NC(=O)c1nc(-c2cc3c(cc2F)S(=O)(=O)C[C@H](N)C(=O)N3Cc2ccc(OC(F)(F)F)cc2)no1. The first-order valence-corrected chi connectivity index (χ1v) is 13.2. The van der Waals surface area contributed by atoms with Gasteiger partial charge in [-0.05, 0) is 50.6 Å². The molecular weight excluding hydrogens is 562 g/mol. The number of amides is 2. The van der Waals surface area contributed by atoms with Crippen molar-refractivity contribution in [3.8, 4) is 17.1 Å². The Morgan fingerprint density at radius 2 is 1.85 bits per heavy atom. The monoisotopic (exact) mass is 585 g/mol. The van der Waals surface area contributed by atoms with Gasteiger partial charge in [0.25, 0.3) is 0 Å². The molecule has 16 heteroatoms. The van der Waals surface area contributed by atoms with Crippen LogP contribution in [0.1, 0.15) is 37.0 Å². The number of carbonyl (C=O) groups excluding carboxylic acids is 2. The number of benzene rings is 2. The zero-order valence-corrected chi connectivity index (χ0v) is 22.1. The molecule has 214 valence electrons. The number of alkyl halides is 3. The van der Waals surface area contributed by atoms with E-state index in [0.717, 1.165) is 23.1 Å². The molecule has 4 rings (SSSR count). The van der Waals surface area contributed by atoms with E-state index < -0.39 is 73.5 Å². The van der Waals surface area contributed by atoms with Gasteiger partial charge in [-0.1, -0.05) is 17.3 Å². The Bertz CT molecular complexity index is 1570. The van der Waals surface area contributed by atoms with Crippen LogP contribution in [0.5, 0.6) is 5.75 Å². The summed E-state index contributed by atoms with van der Waals surface area (Å²) in [5.74, 6) is -4.85. The van der Waals surface area contributed by atoms with Crippen molar-refractivity contribution in [3.63, 3.8) is 0 Å². The highest BCUT2D eigenvalue weighted by atomic mass is 32.2. The van der Waals surface area contributed by atoms with E-state index in [-0.39, 0.29) is 23.4 Å². The van der Waals surface area contributed by atoms with Crippen molar-refractivity contribution in [2.45, 2.75) is 50.2 Å². The number of hydrogen-bond acceptors (Lipinski definition) is 9. The Morgan fingerprint density at radius 1 is 1.20 bits per heavy atom. The number of anilines is 1. The number of halogens is 4. The Balaban J connectivity index is 1.76. The fourth-order valence-electron chi connectivity index (χ4n) is 3.85. The maximum Gasteiger partial charge on any atom is 0.573 e. The zero-order valence-electron chi connectivity index (χ0n) is 21.2. The first kappa shape index (κ1) is 28.9. The predicted molar refractivity (Wildman–Crippen MR) is 131 cm³/mol. The summed E-state index contributed by atoms with van der Waals surface area (Å²) >= 11 is 0. The summed E-state index contributed by atoms with van der Waals surface area (Å²) in [7, 11) is -4.26. The van der Waals surface area contributed by atoms with Gasteiger partial charge in [0.1, 0.15) is 11.6 Å². The zero-order chi connectivity index (χ0) is 29.6. The molecule has 1 atom stereocenters. The predicted octanol–water partition coefficient (Wildman–Crippen LogP) is 2.95. The van der Waals surface area contributed by atoms with Gasteiger partial charge in [0.05, 0.1) is 34.5 Å². The Kier molecular flexibility index (Phi) is 7.36. The molecule has 0 fully saturated rings. The maximum atomic E-state index is 15.2. The molecule has 11 nitrogen and oxygen atoms in total. The number of hydrogen-bond donors (Lipinski definition) is 2.